The Morgan fingerprint density at radius 2 is 2.00 bits per heavy atom. The molecule has 6 rings (SSSR count). The zero-order valence-corrected chi connectivity index (χ0v) is 22.7. The lowest BCUT2D eigenvalue weighted by Gasteiger charge is -2.60. The molecule has 6 nitrogen and oxygen atoms in total. The predicted molar refractivity (Wildman–Crippen MR) is 138 cm³/mol. The van der Waals surface area contributed by atoms with Gasteiger partial charge in [0.05, 0.1) is 18.3 Å². The molecule has 6 heteroatoms. The second-order valence-corrected chi connectivity index (χ2v) is 13.4. The summed E-state index contributed by atoms with van der Waals surface area (Å²) < 4.78 is 12.3. The van der Waals surface area contributed by atoms with E-state index in [4.69, 9.17) is 9.47 Å². The van der Waals surface area contributed by atoms with Crippen molar-refractivity contribution in [3.8, 4) is 5.88 Å². The second-order valence-electron chi connectivity index (χ2n) is 13.4. The van der Waals surface area contributed by atoms with Crippen LogP contribution in [0.3, 0.4) is 0 Å². The van der Waals surface area contributed by atoms with Gasteiger partial charge < -0.3 is 19.9 Å². The number of nitrogens with one attached hydrogen (secondary N) is 1. The van der Waals surface area contributed by atoms with Crippen LogP contribution in [-0.2, 0) is 4.74 Å². The summed E-state index contributed by atoms with van der Waals surface area (Å²) in [5, 5.41) is 14.0. The van der Waals surface area contributed by atoms with E-state index < -0.39 is 5.60 Å². The van der Waals surface area contributed by atoms with E-state index in [1.165, 1.54) is 25.7 Å². The molecule has 198 valence electrons. The summed E-state index contributed by atoms with van der Waals surface area (Å²) in [6, 6.07) is 5.39. The number of fused-ring (bicyclic) bond motifs is 4. The number of rotatable bonds is 6. The van der Waals surface area contributed by atoms with Gasteiger partial charge in [-0.2, -0.15) is 0 Å². The summed E-state index contributed by atoms with van der Waals surface area (Å²) in [6.45, 7) is 8.03. The fraction of sp³-hybridized carbons (Fsp3) is 0.800. The third-order valence-electron chi connectivity index (χ3n) is 12.4. The van der Waals surface area contributed by atoms with Crippen molar-refractivity contribution in [1.82, 2.24) is 10.3 Å². The van der Waals surface area contributed by atoms with Crippen molar-refractivity contribution < 1.29 is 19.4 Å². The molecule has 0 aromatic carbocycles. The number of carbonyl (C=O) groups is 1. The molecule has 5 saturated carbocycles. The van der Waals surface area contributed by atoms with E-state index >= 15 is 0 Å². The normalized spacial score (nSPS) is 47.2. The van der Waals surface area contributed by atoms with Gasteiger partial charge in [0.1, 0.15) is 5.69 Å². The van der Waals surface area contributed by atoms with Crippen LogP contribution in [0.1, 0.15) is 82.6 Å². The van der Waals surface area contributed by atoms with Gasteiger partial charge in [0.25, 0.3) is 5.91 Å². The molecule has 1 aromatic heterocycles. The molecule has 1 spiro atoms. The van der Waals surface area contributed by atoms with Crippen molar-refractivity contribution in [2.75, 3.05) is 20.8 Å². The molecular formula is C30H44N2O4. The van der Waals surface area contributed by atoms with Gasteiger partial charge >= 0.3 is 0 Å². The van der Waals surface area contributed by atoms with Gasteiger partial charge in [-0.15, -0.1) is 0 Å². The Morgan fingerprint density at radius 3 is 2.72 bits per heavy atom. The van der Waals surface area contributed by atoms with Crippen molar-refractivity contribution >= 4 is 5.91 Å². The van der Waals surface area contributed by atoms with Crippen LogP contribution in [0.5, 0.6) is 5.88 Å². The standard InChI is InChI=1S/C30H44N2O4/c1-18(16-36-25-8-6-7-23(32-25)26(33)31-4)20-9-10-21-19-15-24(35-5)30-17-29(30,34)14-13-28(30,3)22(19)11-12-27(20,21)2/h6-8,18-22,24,34H,9-17H2,1-5H3,(H,31,33)/t18-,19+,20-,21+,22+,24?,27-,28-,29-,30+/m1/s1. The van der Waals surface area contributed by atoms with E-state index in [1.807, 2.05) is 19.2 Å². The lowest BCUT2D eigenvalue weighted by molar-refractivity contribution is -0.169. The first-order valence-corrected chi connectivity index (χ1v) is 14.2. The monoisotopic (exact) mass is 496 g/mol. The first-order chi connectivity index (χ1) is 17.1. The topological polar surface area (TPSA) is 80.7 Å². The molecule has 1 heterocycles. The molecule has 1 unspecified atom stereocenters. The molecule has 36 heavy (non-hydrogen) atoms. The van der Waals surface area contributed by atoms with Crippen LogP contribution in [0.4, 0.5) is 0 Å². The number of amides is 1. The van der Waals surface area contributed by atoms with Crippen molar-refractivity contribution in [1.29, 1.82) is 0 Å². The van der Waals surface area contributed by atoms with Crippen molar-refractivity contribution in [2.24, 2.45) is 45.8 Å². The third kappa shape index (κ3) is 3.09. The van der Waals surface area contributed by atoms with E-state index in [9.17, 15) is 9.90 Å². The van der Waals surface area contributed by atoms with Crippen LogP contribution < -0.4 is 10.1 Å². The molecule has 1 amide bonds. The lowest BCUT2D eigenvalue weighted by atomic mass is 9.45. The molecule has 1 aromatic rings. The maximum absolute atomic E-state index is 12.0. The van der Waals surface area contributed by atoms with E-state index in [0.717, 1.165) is 31.6 Å². The van der Waals surface area contributed by atoms with Crippen LogP contribution in [0.25, 0.3) is 0 Å². The molecule has 0 aliphatic heterocycles. The summed E-state index contributed by atoms with van der Waals surface area (Å²) in [4.78, 5) is 16.4. The van der Waals surface area contributed by atoms with E-state index in [0.29, 0.717) is 47.3 Å². The van der Waals surface area contributed by atoms with Crippen LogP contribution in [0.2, 0.25) is 0 Å². The van der Waals surface area contributed by atoms with E-state index in [1.54, 1.807) is 13.1 Å². The highest BCUT2D eigenvalue weighted by molar-refractivity contribution is 5.92. The Bertz CT molecular complexity index is 1050. The zero-order valence-electron chi connectivity index (χ0n) is 22.7. The van der Waals surface area contributed by atoms with E-state index in [2.05, 4.69) is 31.1 Å². The number of methoxy groups -OCH3 is 1. The Balaban J connectivity index is 1.18. The van der Waals surface area contributed by atoms with Gasteiger partial charge in [-0.3, -0.25) is 4.79 Å². The largest absolute Gasteiger partial charge is 0.477 e. The molecule has 0 saturated heterocycles. The number of hydrogen-bond acceptors (Lipinski definition) is 5. The Kier molecular flexibility index (Phi) is 5.60. The average molecular weight is 497 g/mol. The zero-order chi connectivity index (χ0) is 25.5. The summed E-state index contributed by atoms with van der Waals surface area (Å²) in [7, 11) is 3.49. The minimum Gasteiger partial charge on any atom is -0.477 e. The van der Waals surface area contributed by atoms with Gasteiger partial charge in [0.15, 0.2) is 0 Å². The minimum atomic E-state index is -0.471. The molecule has 10 atom stereocenters. The van der Waals surface area contributed by atoms with Crippen molar-refractivity contribution in [2.45, 2.75) is 83.8 Å². The molecule has 2 N–H and O–H groups in total. The molecule has 0 bridgehead atoms. The molecule has 5 fully saturated rings. The first kappa shape index (κ1) is 24.7. The summed E-state index contributed by atoms with van der Waals surface area (Å²) in [5.41, 5.74) is 0.444. The number of ether oxygens (including phenoxy) is 2. The minimum absolute atomic E-state index is 0.000981. The number of pyridine rings is 1. The van der Waals surface area contributed by atoms with E-state index in [-0.39, 0.29) is 22.8 Å². The highest BCUT2D eigenvalue weighted by Gasteiger charge is 2.84. The van der Waals surface area contributed by atoms with Gasteiger partial charge in [0, 0.05) is 25.6 Å². The number of nitrogens with zero attached hydrogens (tertiary/aromatic N) is 1. The average Bonchev–Trinajstić information content (AvgIpc) is 3.23. The number of carbonyl (C=O) groups excluding carboxylic acids is 1. The smallest absolute Gasteiger partial charge is 0.269 e. The van der Waals surface area contributed by atoms with Crippen LogP contribution in [0.15, 0.2) is 18.2 Å². The van der Waals surface area contributed by atoms with Crippen LogP contribution in [-0.4, -0.2) is 48.5 Å². The van der Waals surface area contributed by atoms with Gasteiger partial charge in [-0.25, -0.2) is 4.98 Å². The molecule has 0 radical (unpaired) electrons. The highest BCUT2D eigenvalue weighted by Crippen LogP contribution is 2.83. The summed E-state index contributed by atoms with van der Waals surface area (Å²) in [6.07, 6.45) is 9.48. The number of aliphatic hydroxyl groups is 1. The maximum atomic E-state index is 12.0. The Morgan fingerprint density at radius 1 is 1.19 bits per heavy atom. The molecule has 5 aliphatic rings. The second kappa shape index (κ2) is 8.17. The number of hydrogen-bond donors (Lipinski definition) is 2. The Labute approximate surface area is 215 Å². The summed E-state index contributed by atoms with van der Waals surface area (Å²) in [5.74, 6) is 3.50. The van der Waals surface area contributed by atoms with Crippen molar-refractivity contribution in [3.63, 3.8) is 0 Å². The fourth-order valence-electron chi connectivity index (χ4n) is 10.7. The molecular weight excluding hydrogens is 452 g/mol. The SMILES string of the molecule is CNC(=O)c1cccc(OC[C@@H](C)[C@H]2CC[C@H]3[C@@H]4CC(OC)[C@]56C[C@]5(O)CC[C@]6(C)[C@H]4CC[C@]23C)n1. The fourth-order valence-corrected chi connectivity index (χ4v) is 10.7. The third-order valence-corrected chi connectivity index (χ3v) is 12.4. The number of aromatic nitrogens is 1. The van der Waals surface area contributed by atoms with Gasteiger partial charge in [-0.05, 0) is 97.9 Å². The van der Waals surface area contributed by atoms with Gasteiger partial charge in [0.2, 0.25) is 5.88 Å². The Hall–Kier alpha value is -1.66. The van der Waals surface area contributed by atoms with Gasteiger partial charge in [-0.1, -0.05) is 26.8 Å². The van der Waals surface area contributed by atoms with Crippen LogP contribution >= 0.6 is 0 Å². The maximum Gasteiger partial charge on any atom is 0.269 e. The highest BCUT2D eigenvalue weighted by atomic mass is 16.5. The quantitative estimate of drug-likeness (QED) is 0.588. The van der Waals surface area contributed by atoms with Crippen molar-refractivity contribution in [3.05, 3.63) is 23.9 Å². The lowest BCUT2D eigenvalue weighted by Crippen LogP contribution is -2.57. The van der Waals surface area contributed by atoms with Crippen LogP contribution in [0, 0.1) is 45.8 Å². The molecule has 5 aliphatic carbocycles. The summed E-state index contributed by atoms with van der Waals surface area (Å²) >= 11 is 0. The predicted octanol–water partition coefficient (Wildman–Crippen LogP) is 4.85. The first-order valence-electron chi connectivity index (χ1n) is 14.2.